The van der Waals surface area contributed by atoms with E-state index in [1.54, 1.807) is 0 Å². The van der Waals surface area contributed by atoms with E-state index in [1.807, 2.05) is 0 Å². The maximum Gasteiger partial charge on any atom is 0.0389 e. The van der Waals surface area contributed by atoms with Crippen molar-refractivity contribution in [2.45, 2.75) is 32.6 Å². The third-order valence-corrected chi connectivity index (χ3v) is 5.32. The van der Waals surface area contributed by atoms with Gasteiger partial charge in [-0.05, 0) is 40.8 Å². The first-order valence-corrected chi connectivity index (χ1v) is 9.58. The van der Waals surface area contributed by atoms with Crippen molar-refractivity contribution in [3.05, 3.63) is 88.5 Å². The predicted molar refractivity (Wildman–Crippen MR) is 113 cm³/mol. The first kappa shape index (κ1) is 16.8. The van der Waals surface area contributed by atoms with Crippen molar-refractivity contribution in [2.24, 2.45) is 4.99 Å². The van der Waals surface area contributed by atoms with Crippen molar-refractivity contribution in [1.29, 1.82) is 0 Å². The number of unbranched alkanes of at least 4 members (excludes halogenated alkanes) is 1. The van der Waals surface area contributed by atoms with Crippen LogP contribution >= 0.6 is 0 Å². The average Bonchev–Trinajstić information content (AvgIpc) is 3.01. The summed E-state index contributed by atoms with van der Waals surface area (Å²) in [6.45, 7) is 5.36. The number of hydrogen-bond donors (Lipinski definition) is 0. The van der Waals surface area contributed by atoms with Crippen LogP contribution in [0.3, 0.4) is 0 Å². The number of benzene rings is 3. The highest BCUT2D eigenvalue weighted by molar-refractivity contribution is 6.02. The summed E-state index contributed by atoms with van der Waals surface area (Å²) >= 11 is 0. The lowest BCUT2D eigenvalue weighted by Gasteiger charge is -2.19. The lowest BCUT2D eigenvalue weighted by atomic mass is 9.84. The van der Waals surface area contributed by atoms with E-state index in [-0.39, 0.29) is 0 Å². The number of fused-ring (bicyclic) bond motifs is 2. The molecule has 130 valence electrons. The molecule has 1 aliphatic carbocycles. The van der Waals surface area contributed by atoms with Gasteiger partial charge < -0.3 is 0 Å². The van der Waals surface area contributed by atoms with Crippen molar-refractivity contribution < 1.29 is 0 Å². The van der Waals surface area contributed by atoms with Crippen LogP contribution in [-0.2, 0) is 0 Å². The van der Waals surface area contributed by atoms with E-state index >= 15 is 0 Å². The van der Waals surface area contributed by atoms with Crippen LogP contribution in [0, 0.1) is 0 Å². The van der Waals surface area contributed by atoms with Gasteiger partial charge in [0.25, 0.3) is 0 Å². The topological polar surface area (TPSA) is 12.4 Å². The first-order chi connectivity index (χ1) is 12.8. The highest BCUT2D eigenvalue weighted by atomic mass is 14.7. The Morgan fingerprint density at radius 2 is 1.73 bits per heavy atom. The standard InChI is InChI=1S/C25H25N/c1-3-4-15-26-17-24-21-11-7-5-9-19(21)13-14-23(24)25-18(2)16-20-10-6-8-12-22(20)25/h5-14,16-17,25H,3-4,15H2,1-2H3/b26-17+. The lowest BCUT2D eigenvalue weighted by Crippen LogP contribution is -2.05. The van der Waals surface area contributed by atoms with Crippen molar-refractivity contribution in [3.63, 3.8) is 0 Å². The van der Waals surface area contributed by atoms with Gasteiger partial charge in [-0.25, -0.2) is 0 Å². The van der Waals surface area contributed by atoms with Crippen LogP contribution < -0.4 is 0 Å². The second-order valence-corrected chi connectivity index (χ2v) is 7.13. The third-order valence-electron chi connectivity index (χ3n) is 5.32. The monoisotopic (exact) mass is 339 g/mol. The van der Waals surface area contributed by atoms with Crippen LogP contribution in [0.1, 0.15) is 54.9 Å². The molecule has 0 amide bonds. The summed E-state index contributed by atoms with van der Waals surface area (Å²) in [5, 5.41) is 2.57. The molecule has 0 radical (unpaired) electrons. The molecule has 0 heterocycles. The lowest BCUT2D eigenvalue weighted by molar-refractivity contribution is 0.810. The van der Waals surface area contributed by atoms with Gasteiger partial charge in [0.2, 0.25) is 0 Å². The molecule has 0 aliphatic heterocycles. The summed E-state index contributed by atoms with van der Waals surface area (Å²) in [5.74, 6) is 0.323. The Labute approximate surface area is 156 Å². The average molecular weight is 339 g/mol. The van der Waals surface area contributed by atoms with Gasteiger partial charge in [0.05, 0.1) is 0 Å². The van der Waals surface area contributed by atoms with Gasteiger partial charge in [0, 0.05) is 24.2 Å². The number of allylic oxidation sites excluding steroid dienone is 1. The first-order valence-electron chi connectivity index (χ1n) is 9.58. The van der Waals surface area contributed by atoms with Crippen molar-refractivity contribution >= 4 is 23.1 Å². The minimum absolute atomic E-state index is 0.323. The molecule has 26 heavy (non-hydrogen) atoms. The fraction of sp³-hybridized carbons (Fsp3) is 0.240. The van der Waals surface area contributed by atoms with E-state index < -0.39 is 0 Å². The highest BCUT2D eigenvalue weighted by Gasteiger charge is 2.26. The smallest absolute Gasteiger partial charge is 0.0389 e. The molecule has 4 rings (SSSR count). The minimum Gasteiger partial charge on any atom is -0.293 e. The Morgan fingerprint density at radius 3 is 2.62 bits per heavy atom. The summed E-state index contributed by atoms with van der Waals surface area (Å²) in [4.78, 5) is 4.75. The Balaban J connectivity index is 1.87. The molecule has 0 fully saturated rings. The van der Waals surface area contributed by atoms with Gasteiger partial charge in [-0.1, -0.05) is 85.7 Å². The zero-order valence-electron chi connectivity index (χ0n) is 15.6. The molecular formula is C25H25N. The second-order valence-electron chi connectivity index (χ2n) is 7.13. The molecule has 0 N–H and O–H groups in total. The zero-order valence-corrected chi connectivity index (χ0v) is 15.6. The Bertz CT molecular complexity index is 994. The molecule has 1 nitrogen and oxygen atoms in total. The molecular weight excluding hydrogens is 314 g/mol. The maximum atomic E-state index is 4.75. The summed E-state index contributed by atoms with van der Waals surface area (Å²) in [6, 6.07) is 21.9. The van der Waals surface area contributed by atoms with E-state index in [2.05, 4.69) is 86.8 Å². The van der Waals surface area contributed by atoms with Crippen LogP contribution in [0.15, 0.2) is 71.2 Å². The maximum absolute atomic E-state index is 4.75. The van der Waals surface area contributed by atoms with Crippen LogP contribution in [0.2, 0.25) is 0 Å². The molecule has 1 aliphatic rings. The summed E-state index contributed by atoms with van der Waals surface area (Å²) < 4.78 is 0. The van der Waals surface area contributed by atoms with Crippen LogP contribution in [0.25, 0.3) is 16.8 Å². The number of aliphatic imine (C=N–C) groups is 1. The molecule has 3 aromatic rings. The minimum atomic E-state index is 0.323. The normalized spacial score (nSPS) is 16.2. The molecule has 0 aromatic heterocycles. The SMILES string of the molecule is CCCC/N=C/c1c(C2C(C)=Cc3ccccc32)ccc2ccccc12. The van der Waals surface area contributed by atoms with Gasteiger partial charge in [-0.3, -0.25) is 4.99 Å². The highest BCUT2D eigenvalue weighted by Crippen LogP contribution is 2.42. The number of hydrogen-bond acceptors (Lipinski definition) is 1. The van der Waals surface area contributed by atoms with Crippen molar-refractivity contribution in [3.8, 4) is 0 Å². The third kappa shape index (κ3) is 2.99. The molecule has 0 saturated carbocycles. The molecule has 0 bridgehead atoms. The fourth-order valence-electron chi connectivity index (χ4n) is 4.01. The van der Waals surface area contributed by atoms with Crippen LogP contribution in [0.5, 0.6) is 0 Å². The van der Waals surface area contributed by atoms with Crippen molar-refractivity contribution in [1.82, 2.24) is 0 Å². The summed E-state index contributed by atoms with van der Waals surface area (Å²) in [6.07, 6.45) is 6.76. The summed E-state index contributed by atoms with van der Waals surface area (Å²) in [5.41, 5.74) is 6.79. The number of rotatable bonds is 5. The Kier molecular flexibility index (Phi) is 4.71. The second kappa shape index (κ2) is 7.29. The van der Waals surface area contributed by atoms with E-state index in [1.165, 1.54) is 45.0 Å². The molecule has 0 saturated heterocycles. The van der Waals surface area contributed by atoms with E-state index in [0.717, 1.165) is 13.0 Å². The molecule has 3 aromatic carbocycles. The molecule has 1 atom stereocenters. The molecule has 1 unspecified atom stereocenters. The van der Waals surface area contributed by atoms with Crippen molar-refractivity contribution in [2.75, 3.05) is 6.54 Å². The van der Waals surface area contributed by atoms with Gasteiger partial charge in [-0.2, -0.15) is 0 Å². The quantitative estimate of drug-likeness (QED) is 0.366. The summed E-state index contributed by atoms with van der Waals surface area (Å²) in [7, 11) is 0. The van der Waals surface area contributed by atoms with Gasteiger partial charge in [0.1, 0.15) is 0 Å². The van der Waals surface area contributed by atoms with E-state index in [9.17, 15) is 0 Å². The van der Waals surface area contributed by atoms with Gasteiger partial charge >= 0.3 is 0 Å². The van der Waals surface area contributed by atoms with Gasteiger partial charge in [0.15, 0.2) is 0 Å². The number of nitrogens with zero attached hydrogens (tertiary/aromatic N) is 1. The fourth-order valence-corrected chi connectivity index (χ4v) is 4.01. The van der Waals surface area contributed by atoms with E-state index in [4.69, 9.17) is 4.99 Å². The van der Waals surface area contributed by atoms with Crippen LogP contribution in [0.4, 0.5) is 0 Å². The molecule has 1 heteroatoms. The Morgan fingerprint density at radius 1 is 0.923 bits per heavy atom. The van der Waals surface area contributed by atoms with E-state index in [0.29, 0.717) is 5.92 Å². The largest absolute Gasteiger partial charge is 0.293 e. The Hall–Kier alpha value is -2.67. The van der Waals surface area contributed by atoms with Crippen LogP contribution in [-0.4, -0.2) is 12.8 Å². The molecule has 0 spiro atoms. The predicted octanol–water partition coefficient (Wildman–Crippen LogP) is 6.61. The zero-order chi connectivity index (χ0) is 17.9. The van der Waals surface area contributed by atoms with Gasteiger partial charge in [-0.15, -0.1) is 0 Å².